The third-order valence-corrected chi connectivity index (χ3v) is 2.96. The van der Waals surface area contributed by atoms with Crippen LogP contribution in [0.4, 0.5) is 5.69 Å². The van der Waals surface area contributed by atoms with Gasteiger partial charge in [0.15, 0.2) is 0 Å². The Balaban J connectivity index is 2.24. The average Bonchev–Trinajstić information content (AvgIpc) is 2.23. The van der Waals surface area contributed by atoms with Crippen LogP contribution in [0.3, 0.4) is 0 Å². The summed E-state index contributed by atoms with van der Waals surface area (Å²) in [6, 6.07) is 1.92. The average molecular weight is 278 g/mol. The third kappa shape index (κ3) is 2.19. The monoisotopic (exact) mass is 276 g/mol. The Morgan fingerprint density at radius 1 is 1.43 bits per heavy atom. The summed E-state index contributed by atoms with van der Waals surface area (Å²) in [7, 11) is 0. The predicted octanol–water partition coefficient (Wildman–Crippen LogP) is 2.33. The van der Waals surface area contributed by atoms with Crippen LogP contribution in [0.1, 0.15) is 0 Å². The van der Waals surface area contributed by atoms with E-state index in [1.54, 1.807) is 6.20 Å². The topological polar surface area (TPSA) is 25.4 Å². The third-order valence-electron chi connectivity index (χ3n) is 2.14. The predicted molar refractivity (Wildman–Crippen MR) is 60.0 cm³/mol. The van der Waals surface area contributed by atoms with E-state index in [1.165, 1.54) is 0 Å². The maximum atomic E-state index is 5.89. The molecule has 76 valence electrons. The number of hydrogen-bond acceptors (Lipinski definition) is 3. The van der Waals surface area contributed by atoms with Gasteiger partial charge in [-0.3, -0.25) is 0 Å². The van der Waals surface area contributed by atoms with Gasteiger partial charge in [0.05, 0.1) is 23.9 Å². The first kappa shape index (κ1) is 10.2. The summed E-state index contributed by atoms with van der Waals surface area (Å²) in [5, 5.41) is 0.662. The molecule has 1 aromatic heterocycles. The van der Waals surface area contributed by atoms with Gasteiger partial charge >= 0.3 is 0 Å². The number of anilines is 1. The number of morpholine rings is 1. The van der Waals surface area contributed by atoms with E-state index in [2.05, 4.69) is 25.8 Å². The Morgan fingerprint density at radius 2 is 2.14 bits per heavy atom. The SMILES string of the molecule is Clc1cnc(Br)c(N2CCOCC2)c1. The Kier molecular flexibility index (Phi) is 3.26. The van der Waals surface area contributed by atoms with Crippen LogP contribution in [0.5, 0.6) is 0 Å². The maximum absolute atomic E-state index is 5.89. The fraction of sp³-hybridized carbons (Fsp3) is 0.444. The van der Waals surface area contributed by atoms with Gasteiger partial charge in [-0.25, -0.2) is 4.98 Å². The van der Waals surface area contributed by atoms with E-state index in [4.69, 9.17) is 16.3 Å². The molecule has 3 nitrogen and oxygen atoms in total. The molecular formula is C9H10BrClN2O. The lowest BCUT2D eigenvalue weighted by Gasteiger charge is -2.29. The van der Waals surface area contributed by atoms with E-state index in [1.807, 2.05) is 6.07 Å². The second-order valence-corrected chi connectivity index (χ2v) is 4.25. The zero-order chi connectivity index (χ0) is 9.97. The zero-order valence-corrected chi connectivity index (χ0v) is 9.88. The summed E-state index contributed by atoms with van der Waals surface area (Å²) in [5.74, 6) is 0. The zero-order valence-electron chi connectivity index (χ0n) is 7.54. The summed E-state index contributed by atoms with van der Waals surface area (Å²) in [6.07, 6.45) is 1.63. The van der Waals surface area contributed by atoms with Gasteiger partial charge in [0.1, 0.15) is 4.60 Å². The van der Waals surface area contributed by atoms with Crippen molar-refractivity contribution in [3.05, 3.63) is 21.9 Å². The highest BCUT2D eigenvalue weighted by Gasteiger charge is 2.14. The molecule has 0 radical (unpaired) electrons. The van der Waals surface area contributed by atoms with Gasteiger partial charge in [0.25, 0.3) is 0 Å². The lowest BCUT2D eigenvalue weighted by molar-refractivity contribution is 0.122. The van der Waals surface area contributed by atoms with Crippen molar-refractivity contribution >= 4 is 33.2 Å². The van der Waals surface area contributed by atoms with Gasteiger partial charge < -0.3 is 9.64 Å². The minimum absolute atomic E-state index is 0.662. The van der Waals surface area contributed by atoms with Crippen LogP contribution in [0, 0.1) is 0 Å². The van der Waals surface area contributed by atoms with Gasteiger partial charge in [0.2, 0.25) is 0 Å². The van der Waals surface area contributed by atoms with E-state index in [9.17, 15) is 0 Å². The number of rotatable bonds is 1. The molecule has 0 spiro atoms. The fourth-order valence-electron chi connectivity index (χ4n) is 1.44. The summed E-state index contributed by atoms with van der Waals surface area (Å²) in [4.78, 5) is 6.37. The van der Waals surface area contributed by atoms with Crippen LogP contribution < -0.4 is 4.90 Å². The lowest BCUT2D eigenvalue weighted by atomic mass is 10.3. The quantitative estimate of drug-likeness (QED) is 0.737. The maximum Gasteiger partial charge on any atom is 0.129 e. The molecule has 0 aromatic carbocycles. The van der Waals surface area contributed by atoms with Crippen molar-refractivity contribution in [2.45, 2.75) is 0 Å². The molecule has 0 N–H and O–H groups in total. The second kappa shape index (κ2) is 4.47. The molecule has 1 aliphatic rings. The van der Waals surface area contributed by atoms with Crippen LogP contribution in [0.25, 0.3) is 0 Å². The highest BCUT2D eigenvalue weighted by Crippen LogP contribution is 2.27. The Morgan fingerprint density at radius 3 is 2.86 bits per heavy atom. The highest BCUT2D eigenvalue weighted by molar-refractivity contribution is 9.10. The van der Waals surface area contributed by atoms with Crippen LogP contribution >= 0.6 is 27.5 Å². The molecule has 0 saturated carbocycles. The van der Waals surface area contributed by atoms with Gasteiger partial charge in [-0.05, 0) is 22.0 Å². The van der Waals surface area contributed by atoms with Crippen molar-refractivity contribution in [3.8, 4) is 0 Å². The molecule has 1 aliphatic heterocycles. The van der Waals surface area contributed by atoms with Crippen LogP contribution in [-0.2, 0) is 4.74 Å². The van der Waals surface area contributed by atoms with Crippen LogP contribution in [0.15, 0.2) is 16.9 Å². The molecule has 0 unspecified atom stereocenters. The van der Waals surface area contributed by atoms with Gasteiger partial charge in [-0.1, -0.05) is 11.6 Å². The number of pyridine rings is 1. The van der Waals surface area contributed by atoms with Crippen molar-refractivity contribution < 1.29 is 4.74 Å². The smallest absolute Gasteiger partial charge is 0.129 e. The van der Waals surface area contributed by atoms with E-state index in [0.29, 0.717) is 5.02 Å². The molecule has 0 amide bonds. The summed E-state index contributed by atoms with van der Waals surface area (Å²) in [6.45, 7) is 3.30. The molecule has 0 bridgehead atoms. The van der Waals surface area contributed by atoms with Crippen LogP contribution in [0.2, 0.25) is 5.02 Å². The number of ether oxygens (including phenoxy) is 1. The molecular weight excluding hydrogens is 267 g/mol. The lowest BCUT2D eigenvalue weighted by Crippen LogP contribution is -2.36. The molecule has 0 aliphatic carbocycles. The van der Waals surface area contributed by atoms with Crippen molar-refractivity contribution in [2.75, 3.05) is 31.2 Å². The molecule has 14 heavy (non-hydrogen) atoms. The number of aromatic nitrogens is 1. The van der Waals surface area contributed by atoms with E-state index in [-0.39, 0.29) is 0 Å². The van der Waals surface area contributed by atoms with Gasteiger partial charge in [0, 0.05) is 19.3 Å². The first-order valence-corrected chi connectivity index (χ1v) is 5.58. The van der Waals surface area contributed by atoms with Crippen molar-refractivity contribution in [1.29, 1.82) is 0 Å². The molecule has 0 atom stereocenters. The largest absolute Gasteiger partial charge is 0.378 e. The minimum Gasteiger partial charge on any atom is -0.378 e. The Labute approximate surface area is 96.1 Å². The summed E-state index contributed by atoms with van der Waals surface area (Å²) in [5.41, 5.74) is 1.04. The van der Waals surface area contributed by atoms with Crippen molar-refractivity contribution in [1.82, 2.24) is 4.98 Å². The van der Waals surface area contributed by atoms with Crippen LogP contribution in [-0.4, -0.2) is 31.3 Å². The van der Waals surface area contributed by atoms with Gasteiger partial charge in [-0.2, -0.15) is 0 Å². The standard InChI is InChI=1S/C9H10BrClN2O/c10-9-8(5-7(11)6-12-9)13-1-3-14-4-2-13/h5-6H,1-4H2. The van der Waals surface area contributed by atoms with Gasteiger partial charge in [-0.15, -0.1) is 0 Å². The number of nitrogens with zero attached hydrogens (tertiary/aromatic N) is 2. The fourth-order valence-corrected chi connectivity index (χ4v) is 2.06. The summed E-state index contributed by atoms with van der Waals surface area (Å²) < 4.78 is 6.12. The van der Waals surface area contributed by atoms with E-state index >= 15 is 0 Å². The van der Waals surface area contributed by atoms with E-state index < -0.39 is 0 Å². The summed E-state index contributed by atoms with van der Waals surface area (Å²) >= 11 is 9.31. The molecule has 2 rings (SSSR count). The molecule has 1 saturated heterocycles. The minimum atomic E-state index is 0.662. The Hall–Kier alpha value is -0.320. The molecule has 5 heteroatoms. The van der Waals surface area contributed by atoms with E-state index in [0.717, 1.165) is 36.6 Å². The molecule has 2 heterocycles. The first-order chi connectivity index (χ1) is 6.77. The second-order valence-electron chi connectivity index (χ2n) is 3.06. The number of hydrogen-bond donors (Lipinski definition) is 0. The van der Waals surface area contributed by atoms with Crippen molar-refractivity contribution in [3.63, 3.8) is 0 Å². The first-order valence-electron chi connectivity index (χ1n) is 4.41. The number of halogens is 2. The molecule has 1 fully saturated rings. The Bertz CT molecular complexity index is 329. The normalized spacial score (nSPS) is 17.1. The van der Waals surface area contributed by atoms with Crippen molar-refractivity contribution in [2.24, 2.45) is 0 Å². The molecule has 1 aromatic rings. The highest BCUT2D eigenvalue weighted by atomic mass is 79.9.